The third-order valence-electron chi connectivity index (χ3n) is 3.13. The van der Waals surface area contributed by atoms with Crippen LogP contribution in [0, 0.1) is 0 Å². The van der Waals surface area contributed by atoms with Crippen LogP contribution in [0.15, 0.2) is 68.5 Å². The van der Waals surface area contributed by atoms with Crippen molar-refractivity contribution in [3.05, 3.63) is 59.7 Å². The quantitative estimate of drug-likeness (QED) is 0.222. The molecule has 0 heterocycles. The van der Waals surface area contributed by atoms with Gasteiger partial charge in [0.2, 0.25) is 5.11 Å². The van der Waals surface area contributed by atoms with E-state index >= 15 is 0 Å². The number of rotatable bonds is 6. The third kappa shape index (κ3) is 6.17. The number of nitrogens with one attached hydrogen (secondary N) is 2. The number of benzene rings is 2. The highest BCUT2D eigenvalue weighted by Gasteiger charge is 2.14. The summed E-state index contributed by atoms with van der Waals surface area (Å²) in [4.78, 5) is -0.640. The van der Waals surface area contributed by atoms with Crippen LogP contribution in [0.1, 0.15) is 11.1 Å². The molecule has 0 aliphatic carbocycles. The fraction of sp³-hybridized carbons (Fsp3) is 0. The van der Waals surface area contributed by atoms with Crippen molar-refractivity contribution in [1.82, 2.24) is 10.9 Å². The van der Waals surface area contributed by atoms with Crippen LogP contribution in [0.25, 0.3) is 0 Å². The maximum atomic E-state index is 11.3. The van der Waals surface area contributed by atoms with Gasteiger partial charge in [0.15, 0.2) is 0 Å². The van der Waals surface area contributed by atoms with Gasteiger partial charge in [0.05, 0.1) is 12.4 Å². The second-order valence-electron chi connectivity index (χ2n) is 5.09. The molecule has 10 nitrogen and oxygen atoms in total. The molecule has 0 spiro atoms. The Hall–Kier alpha value is -2.71. The Bertz CT molecular complexity index is 1050. The Balaban J connectivity index is 2.02. The van der Waals surface area contributed by atoms with Crippen molar-refractivity contribution in [2.24, 2.45) is 10.2 Å². The number of hydrazone groups is 2. The molecular weight excluding hydrogens is 428 g/mol. The molecule has 148 valence electrons. The molecule has 0 fully saturated rings. The molecule has 2 aromatic carbocycles. The molecule has 0 aliphatic heterocycles. The highest BCUT2D eigenvalue weighted by molar-refractivity contribution is 7.86. The van der Waals surface area contributed by atoms with Crippen molar-refractivity contribution < 1.29 is 25.9 Å². The molecule has 4 N–H and O–H groups in total. The van der Waals surface area contributed by atoms with E-state index in [2.05, 4.69) is 21.1 Å². The SMILES string of the molecule is O=S(=O)(O)c1ccccc1C=NNC(=S)NN=Cc1ccccc1S(=O)(=O)O. The first kappa shape index (κ1) is 21.6. The zero-order valence-corrected chi connectivity index (χ0v) is 16.4. The van der Waals surface area contributed by atoms with E-state index in [9.17, 15) is 16.8 Å². The molecule has 2 rings (SSSR count). The van der Waals surface area contributed by atoms with Crippen molar-refractivity contribution in [3.8, 4) is 0 Å². The molecule has 0 atom stereocenters. The van der Waals surface area contributed by atoms with Gasteiger partial charge in [0.1, 0.15) is 9.79 Å². The molecule has 2 aromatic rings. The van der Waals surface area contributed by atoms with E-state index < -0.39 is 20.2 Å². The molecule has 0 amide bonds. The van der Waals surface area contributed by atoms with Gasteiger partial charge in [-0.25, -0.2) is 0 Å². The van der Waals surface area contributed by atoms with Gasteiger partial charge in [-0.3, -0.25) is 20.0 Å². The monoisotopic (exact) mass is 442 g/mol. The standard InChI is InChI=1S/C15H14N4O6S3/c20-27(21,22)13-7-3-1-5-11(13)9-16-18-15(26)19-17-10-12-6-2-4-8-14(12)28(23,24)25/h1-10H,(H2,18,19,26)(H,20,21,22)(H,23,24,25). The van der Waals surface area contributed by atoms with E-state index in [-0.39, 0.29) is 26.0 Å². The lowest BCUT2D eigenvalue weighted by Gasteiger charge is -2.04. The minimum Gasteiger partial charge on any atom is -0.282 e. The fourth-order valence-electron chi connectivity index (χ4n) is 1.99. The average Bonchev–Trinajstić information content (AvgIpc) is 2.61. The Morgan fingerprint density at radius 1 is 0.786 bits per heavy atom. The van der Waals surface area contributed by atoms with Crippen LogP contribution in [0.5, 0.6) is 0 Å². The molecule has 0 aromatic heterocycles. The first-order chi connectivity index (χ1) is 13.1. The summed E-state index contributed by atoms with van der Waals surface area (Å²) in [5.41, 5.74) is 5.01. The summed E-state index contributed by atoms with van der Waals surface area (Å²) in [5.74, 6) is 0. The van der Waals surface area contributed by atoms with Gasteiger partial charge in [-0.1, -0.05) is 36.4 Å². The smallest absolute Gasteiger partial charge is 0.282 e. The summed E-state index contributed by atoms with van der Waals surface area (Å²) in [5, 5.41) is 7.39. The molecule has 13 heteroatoms. The summed E-state index contributed by atoms with van der Waals surface area (Å²) in [6, 6.07) is 11.3. The molecule has 0 radical (unpaired) electrons. The third-order valence-corrected chi connectivity index (χ3v) is 5.17. The normalized spacial score (nSPS) is 12.4. The maximum Gasteiger partial charge on any atom is 0.295 e. The Kier molecular flexibility index (Phi) is 6.93. The summed E-state index contributed by atoms with van der Waals surface area (Å²) in [6.45, 7) is 0. The van der Waals surface area contributed by atoms with Crippen molar-refractivity contribution in [2.75, 3.05) is 0 Å². The Morgan fingerprint density at radius 2 is 1.14 bits per heavy atom. The van der Waals surface area contributed by atoms with Crippen LogP contribution in [0.2, 0.25) is 0 Å². The first-order valence-corrected chi connectivity index (χ1v) is 10.6. The first-order valence-electron chi connectivity index (χ1n) is 7.34. The molecule has 28 heavy (non-hydrogen) atoms. The Morgan fingerprint density at radius 3 is 1.50 bits per heavy atom. The van der Waals surface area contributed by atoms with Crippen LogP contribution in [0.3, 0.4) is 0 Å². The van der Waals surface area contributed by atoms with Gasteiger partial charge in [0, 0.05) is 11.1 Å². The summed E-state index contributed by atoms with van der Waals surface area (Å²) in [7, 11) is -8.81. The molecule has 0 saturated carbocycles. The van der Waals surface area contributed by atoms with Gasteiger partial charge < -0.3 is 0 Å². The lowest BCUT2D eigenvalue weighted by Crippen LogP contribution is -2.28. The molecule has 0 aliphatic rings. The van der Waals surface area contributed by atoms with E-state index in [1.807, 2.05) is 0 Å². The topological polar surface area (TPSA) is 158 Å². The molecule has 0 saturated heterocycles. The number of nitrogens with zero attached hydrogens (tertiary/aromatic N) is 2. The summed E-state index contributed by atoms with van der Waals surface area (Å²) >= 11 is 4.91. The highest BCUT2D eigenvalue weighted by Crippen LogP contribution is 2.13. The zero-order chi connectivity index (χ0) is 20.8. The lowest BCUT2D eigenvalue weighted by molar-refractivity contribution is 0.481. The fourth-order valence-corrected chi connectivity index (χ4v) is 3.43. The van der Waals surface area contributed by atoms with Crippen LogP contribution >= 0.6 is 12.2 Å². The average molecular weight is 443 g/mol. The van der Waals surface area contributed by atoms with E-state index in [1.165, 1.54) is 36.4 Å². The number of hydrogen-bond acceptors (Lipinski definition) is 7. The van der Waals surface area contributed by atoms with Gasteiger partial charge in [-0.15, -0.1) is 0 Å². The summed E-state index contributed by atoms with van der Waals surface area (Å²) in [6.07, 6.45) is 2.27. The van der Waals surface area contributed by atoms with Gasteiger partial charge in [0.25, 0.3) is 20.2 Å². The highest BCUT2D eigenvalue weighted by atomic mass is 32.2. The largest absolute Gasteiger partial charge is 0.295 e. The van der Waals surface area contributed by atoms with Crippen LogP contribution in [0.4, 0.5) is 0 Å². The van der Waals surface area contributed by atoms with Crippen molar-refractivity contribution in [3.63, 3.8) is 0 Å². The molecule has 0 bridgehead atoms. The van der Waals surface area contributed by atoms with Crippen LogP contribution in [-0.4, -0.2) is 43.5 Å². The minimum atomic E-state index is -4.41. The molecule has 0 unspecified atom stereocenters. The zero-order valence-electron chi connectivity index (χ0n) is 13.9. The minimum absolute atomic E-state index is 0.0822. The second-order valence-corrected chi connectivity index (χ2v) is 8.28. The predicted octanol–water partition coefficient (Wildman–Crippen LogP) is 1.01. The number of hydrogen-bond donors (Lipinski definition) is 4. The molecular formula is C15H14N4O6S3. The lowest BCUT2D eigenvalue weighted by atomic mass is 10.2. The second kappa shape index (κ2) is 8.99. The van der Waals surface area contributed by atoms with E-state index in [0.717, 1.165) is 12.4 Å². The van der Waals surface area contributed by atoms with Gasteiger partial charge >= 0.3 is 0 Å². The van der Waals surface area contributed by atoms with E-state index in [1.54, 1.807) is 12.1 Å². The van der Waals surface area contributed by atoms with Crippen LogP contribution < -0.4 is 10.9 Å². The van der Waals surface area contributed by atoms with E-state index in [4.69, 9.17) is 21.3 Å². The number of thiocarbonyl (C=S) groups is 1. The van der Waals surface area contributed by atoms with E-state index in [0.29, 0.717) is 0 Å². The maximum absolute atomic E-state index is 11.3. The van der Waals surface area contributed by atoms with Crippen molar-refractivity contribution >= 4 is 50.0 Å². The van der Waals surface area contributed by atoms with Crippen LogP contribution in [-0.2, 0) is 20.2 Å². The summed E-state index contributed by atoms with van der Waals surface area (Å²) < 4.78 is 63.4. The van der Waals surface area contributed by atoms with Crippen molar-refractivity contribution in [1.29, 1.82) is 0 Å². The van der Waals surface area contributed by atoms with Gasteiger partial charge in [-0.05, 0) is 24.4 Å². The van der Waals surface area contributed by atoms with Crippen molar-refractivity contribution in [2.45, 2.75) is 9.79 Å². The Labute approximate surface area is 166 Å². The van der Waals surface area contributed by atoms with Gasteiger partial charge in [-0.2, -0.15) is 27.0 Å². The predicted molar refractivity (Wildman–Crippen MR) is 107 cm³/mol.